The van der Waals surface area contributed by atoms with Crippen molar-refractivity contribution in [3.05, 3.63) is 42.5 Å². The van der Waals surface area contributed by atoms with Crippen molar-refractivity contribution in [1.29, 1.82) is 0 Å². The molecule has 0 aliphatic heterocycles. The Bertz CT molecular complexity index is 656. The van der Waals surface area contributed by atoms with E-state index in [0.717, 1.165) is 38.5 Å². The number of rotatable bonds is 4. The summed E-state index contributed by atoms with van der Waals surface area (Å²) < 4.78 is 10.6. The third kappa shape index (κ3) is 4.48. The first-order valence-corrected chi connectivity index (χ1v) is 9.57. The van der Waals surface area contributed by atoms with E-state index >= 15 is 0 Å². The van der Waals surface area contributed by atoms with Crippen LogP contribution in [0.2, 0.25) is 0 Å². The lowest BCUT2D eigenvalue weighted by Gasteiger charge is -2.12. The van der Waals surface area contributed by atoms with Crippen molar-refractivity contribution < 1.29 is 14.3 Å². The molecule has 3 rings (SSSR count). The maximum Gasteiger partial charge on any atom is 0.228 e. The lowest BCUT2D eigenvalue weighted by molar-refractivity contribution is -0.117. The van der Waals surface area contributed by atoms with Crippen molar-refractivity contribution in [3.8, 4) is 11.5 Å². The lowest BCUT2D eigenvalue weighted by atomic mass is 10.1. The molecule has 1 aromatic carbocycles. The molecule has 0 saturated heterocycles. The molecule has 2 atom stereocenters. The Kier molecular flexibility index (Phi) is 6.37. The largest absolute Gasteiger partial charge is 0.497 e. The van der Waals surface area contributed by atoms with E-state index in [9.17, 15) is 4.79 Å². The minimum atomic E-state index is 0.105. The van der Waals surface area contributed by atoms with Crippen LogP contribution in [0, 0.1) is 17.8 Å². The van der Waals surface area contributed by atoms with Gasteiger partial charge in [0.15, 0.2) is 0 Å². The molecule has 0 spiro atoms. The number of carbonyl (C=O) groups is 1. The van der Waals surface area contributed by atoms with Crippen LogP contribution in [0.15, 0.2) is 42.5 Å². The highest BCUT2D eigenvalue weighted by molar-refractivity contribution is 5.96. The molecule has 140 valence electrons. The summed E-state index contributed by atoms with van der Waals surface area (Å²) in [5.41, 5.74) is 0.680. The van der Waals surface area contributed by atoms with Gasteiger partial charge in [-0.3, -0.25) is 4.79 Å². The molecule has 0 unspecified atom stereocenters. The number of nitrogens with one attached hydrogen (secondary N) is 1. The Morgan fingerprint density at radius 1 is 0.923 bits per heavy atom. The second-order valence-electron chi connectivity index (χ2n) is 7.08. The van der Waals surface area contributed by atoms with Gasteiger partial charge < -0.3 is 14.8 Å². The maximum atomic E-state index is 12.9. The zero-order valence-corrected chi connectivity index (χ0v) is 15.7. The van der Waals surface area contributed by atoms with Crippen LogP contribution in [0.5, 0.6) is 11.5 Å². The summed E-state index contributed by atoms with van der Waals surface area (Å²) in [7, 11) is 3.23. The first-order chi connectivity index (χ1) is 12.7. The Morgan fingerprint density at radius 2 is 1.54 bits per heavy atom. The van der Waals surface area contributed by atoms with Gasteiger partial charge in [-0.05, 0) is 62.5 Å². The fraction of sp³-hybridized carbons (Fsp3) is 0.500. The molecule has 1 fully saturated rings. The van der Waals surface area contributed by atoms with Gasteiger partial charge in [0.2, 0.25) is 5.91 Å². The predicted octanol–water partition coefficient (Wildman–Crippen LogP) is 4.97. The molecule has 2 aliphatic carbocycles. The number of anilines is 1. The summed E-state index contributed by atoms with van der Waals surface area (Å²) in [6.07, 6.45) is 15.6. The minimum Gasteiger partial charge on any atom is -0.497 e. The molecule has 1 amide bonds. The van der Waals surface area contributed by atoms with Gasteiger partial charge in [-0.1, -0.05) is 24.3 Å². The molecule has 26 heavy (non-hydrogen) atoms. The standard InChI is InChI=1S/C22H29NO3/c1-25-16-13-14-20(26-2)19(15-16)23-22(24)21-17-11-9-7-5-3-4-6-8-10-12-18(17)21/h5-8,13-15,17-18,21H,3-4,9-12H2,1-2H3,(H,23,24)/b7-5-,8-6-/t17-,18-/m0/s1. The van der Waals surface area contributed by atoms with Crippen molar-refractivity contribution in [1.82, 2.24) is 0 Å². The Morgan fingerprint density at radius 3 is 2.12 bits per heavy atom. The molecule has 1 aromatic rings. The third-order valence-corrected chi connectivity index (χ3v) is 5.47. The number of hydrogen-bond donors (Lipinski definition) is 1. The van der Waals surface area contributed by atoms with Crippen molar-refractivity contribution in [2.75, 3.05) is 19.5 Å². The lowest BCUT2D eigenvalue weighted by Crippen LogP contribution is -2.16. The van der Waals surface area contributed by atoms with E-state index in [2.05, 4.69) is 29.6 Å². The van der Waals surface area contributed by atoms with E-state index in [1.54, 1.807) is 14.2 Å². The first-order valence-electron chi connectivity index (χ1n) is 9.57. The average molecular weight is 355 g/mol. The zero-order chi connectivity index (χ0) is 18.4. The Balaban J connectivity index is 1.68. The van der Waals surface area contributed by atoms with E-state index < -0.39 is 0 Å². The maximum absolute atomic E-state index is 12.9. The van der Waals surface area contributed by atoms with Crippen LogP contribution in [0.25, 0.3) is 0 Å². The Labute approximate surface area is 156 Å². The van der Waals surface area contributed by atoms with E-state index in [0.29, 0.717) is 29.0 Å². The summed E-state index contributed by atoms with van der Waals surface area (Å²) in [4.78, 5) is 12.9. The SMILES string of the molecule is COc1ccc(OC)c(NC(=O)C2[C@H]3CC/C=C\CC/C=C\CC[C@H]23)c1. The molecule has 4 nitrogen and oxygen atoms in total. The summed E-state index contributed by atoms with van der Waals surface area (Å²) >= 11 is 0. The highest BCUT2D eigenvalue weighted by Gasteiger charge is 2.52. The second-order valence-corrected chi connectivity index (χ2v) is 7.08. The molecule has 0 aromatic heterocycles. The van der Waals surface area contributed by atoms with Crippen LogP contribution in [0.4, 0.5) is 5.69 Å². The molecule has 4 heteroatoms. The van der Waals surface area contributed by atoms with Gasteiger partial charge in [-0.25, -0.2) is 0 Å². The average Bonchev–Trinajstić information content (AvgIpc) is 3.34. The second kappa shape index (κ2) is 8.93. The number of benzene rings is 1. The smallest absolute Gasteiger partial charge is 0.228 e. The quantitative estimate of drug-likeness (QED) is 0.776. The van der Waals surface area contributed by atoms with Crippen LogP contribution in [0.3, 0.4) is 0 Å². The highest BCUT2D eigenvalue weighted by Crippen LogP contribution is 2.53. The fourth-order valence-corrected chi connectivity index (χ4v) is 3.99. The van der Waals surface area contributed by atoms with E-state index in [1.807, 2.05) is 18.2 Å². The molecule has 0 heterocycles. The molecule has 0 bridgehead atoms. The number of carbonyl (C=O) groups excluding carboxylic acids is 1. The van der Waals surface area contributed by atoms with Gasteiger partial charge in [0.05, 0.1) is 19.9 Å². The third-order valence-electron chi connectivity index (χ3n) is 5.47. The number of allylic oxidation sites excluding steroid dienone is 4. The normalized spacial score (nSPS) is 27.8. The van der Waals surface area contributed by atoms with Gasteiger partial charge in [0.25, 0.3) is 0 Å². The van der Waals surface area contributed by atoms with Gasteiger partial charge in [-0.2, -0.15) is 0 Å². The fourth-order valence-electron chi connectivity index (χ4n) is 3.99. The van der Waals surface area contributed by atoms with E-state index in [-0.39, 0.29) is 11.8 Å². The van der Waals surface area contributed by atoms with Crippen LogP contribution in [-0.2, 0) is 4.79 Å². The van der Waals surface area contributed by atoms with Gasteiger partial charge in [0, 0.05) is 12.0 Å². The monoisotopic (exact) mass is 355 g/mol. The number of methoxy groups -OCH3 is 2. The molecule has 1 N–H and O–H groups in total. The molecular weight excluding hydrogens is 326 g/mol. The van der Waals surface area contributed by atoms with Crippen molar-refractivity contribution in [2.45, 2.75) is 38.5 Å². The minimum absolute atomic E-state index is 0.105. The summed E-state index contributed by atoms with van der Waals surface area (Å²) in [6, 6.07) is 5.47. The van der Waals surface area contributed by atoms with Crippen LogP contribution in [-0.4, -0.2) is 20.1 Å². The van der Waals surface area contributed by atoms with E-state index in [1.165, 1.54) is 0 Å². The number of hydrogen-bond acceptors (Lipinski definition) is 3. The predicted molar refractivity (Wildman–Crippen MR) is 105 cm³/mol. The van der Waals surface area contributed by atoms with Crippen LogP contribution < -0.4 is 14.8 Å². The molecule has 0 radical (unpaired) electrons. The van der Waals surface area contributed by atoms with Crippen molar-refractivity contribution in [3.63, 3.8) is 0 Å². The number of fused-ring (bicyclic) bond motifs is 1. The van der Waals surface area contributed by atoms with Gasteiger partial charge in [0.1, 0.15) is 11.5 Å². The summed E-state index contributed by atoms with van der Waals surface area (Å²) in [5.74, 6) is 2.55. The van der Waals surface area contributed by atoms with Crippen molar-refractivity contribution >= 4 is 11.6 Å². The molecule has 1 saturated carbocycles. The Hall–Kier alpha value is -2.23. The van der Waals surface area contributed by atoms with Crippen molar-refractivity contribution in [2.24, 2.45) is 17.8 Å². The highest BCUT2D eigenvalue weighted by atomic mass is 16.5. The molecule has 2 aliphatic rings. The number of ether oxygens (including phenoxy) is 2. The topological polar surface area (TPSA) is 47.6 Å². The van der Waals surface area contributed by atoms with Gasteiger partial charge in [-0.15, -0.1) is 0 Å². The zero-order valence-electron chi connectivity index (χ0n) is 15.7. The van der Waals surface area contributed by atoms with E-state index in [4.69, 9.17) is 9.47 Å². The van der Waals surface area contributed by atoms with Crippen LogP contribution >= 0.6 is 0 Å². The first kappa shape index (κ1) is 18.6. The number of amides is 1. The molecular formula is C22H29NO3. The summed E-state index contributed by atoms with van der Waals surface area (Å²) in [5, 5.41) is 3.07. The van der Waals surface area contributed by atoms with Gasteiger partial charge >= 0.3 is 0 Å². The van der Waals surface area contributed by atoms with Crippen LogP contribution in [0.1, 0.15) is 38.5 Å². The summed E-state index contributed by atoms with van der Waals surface area (Å²) in [6.45, 7) is 0.